The molecule has 2 aromatic rings. The minimum atomic E-state index is -1.13. The van der Waals surface area contributed by atoms with Gasteiger partial charge in [-0.1, -0.05) is 12.1 Å². The summed E-state index contributed by atoms with van der Waals surface area (Å²) >= 11 is 0. The fourth-order valence-corrected chi connectivity index (χ4v) is 3.22. The molecule has 28 heavy (non-hydrogen) atoms. The number of hydrogen-bond donors (Lipinski definition) is 2. The Hall–Kier alpha value is -2.80. The molecule has 0 radical (unpaired) electrons. The first-order chi connectivity index (χ1) is 13.3. The van der Waals surface area contributed by atoms with Crippen LogP contribution in [0.4, 0.5) is 4.39 Å². The zero-order chi connectivity index (χ0) is 20.3. The number of likely N-dealkylation sites (tertiary alicyclic amines) is 1. The molecule has 3 rings (SSSR count). The fraction of sp³-hybridized carbons (Fsp3) is 0.381. The summed E-state index contributed by atoms with van der Waals surface area (Å²) in [4.78, 5) is 14.4. The zero-order valence-electron chi connectivity index (χ0n) is 15.9. The van der Waals surface area contributed by atoms with Crippen LogP contribution in [-0.2, 0) is 11.2 Å². The smallest absolute Gasteiger partial charge is 0.227 e. The number of phenols is 1. The molecule has 1 heterocycles. The first-order valence-corrected chi connectivity index (χ1v) is 9.07. The number of methoxy groups -OCH3 is 1. The quantitative estimate of drug-likeness (QED) is 0.822. The van der Waals surface area contributed by atoms with E-state index in [2.05, 4.69) is 0 Å². The maximum Gasteiger partial charge on any atom is 0.227 e. The number of phenolic OH excluding ortho intramolecular Hbond substituents is 1. The Bertz CT molecular complexity index is 854. The number of carbonyl (C=O) groups is 1. The number of halogens is 1. The molecular formula is C21H24FNO5. The number of aromatic hydroxyl groups is 1. The van der Waals surface area contributed by atoms with Gasteiger partial charge in [0.1, 0.15) is 23.3 Å². The van der Waals surface area contributed by atoms with E-state index in [-0.39, 0.29) is 24.6 Å². The van der Waals surface area contributed by atoms with E-state index < -0.39 is 17.5 Å². The number of hydrogen-bond acceptors (Lipinski definition) is 5. The lowest BCUT2D eigenvalue weighted by Crippen LogP contribution is -2.57. The molecule has 1 aliphatic heterocycles. The summed E-state index contributed by atoms with van der Waals surface area (Å²) < 4.78 is 24.3. The van der Waals surface area contributed by atoms with Gasteiger partial charge in [-0.25, -0.2) is 4.39 Å². The molecule has 2 atom stereocenters. The van der Waals surface area contributed by atoms with Gasteiger partial charge in [-0.15, -0.1) is 0 Å². The Morgan fingerprint density at radius 1 is 1.32 bits per heavy atom. The number of amides is 1. The molecule has 0 bridgehead atoms. The first-order valence-electron chi connectivity index (χ1n) is 9.07. The van der Waals surface area contributed by atoms with Crippen LogP contribution in [0.3, 0.4) is 0 Å². The van der Waals surface area contributed by atoms with Crippen molar-refractivity contribution in [2.24, 2.45) is 0 Å². The van der Waals surface area contributed by atoms with Crippen molar-refractivity contribution in [2.75, 3.05) is 20.2 Å². The second-order valence-electron chi connectivity index (χ2n) is 7.19. The lowest BCUT2D eigenvalue weighted by Gasteiger charge is -2.42. The van der Waals surface area contributed by atoms with E-state index in [1.807, 2.05) is 0 Å². The van der Waals surface area contributed by atoms with E-state index >= 15 is 0 Å². The third kappa shape index (κ3) is 4.54. The van der Waals surface area contributed by atoms with Crippen LogP contribution in [0.1, 0.15) is 18.9 Å². The van der Waals surface area contributed by atoms with Crippen molar-refractivity contribution in [2.45, 2.75) is 31.5 Å². The molecule has 0 saturated carbocycles. The number of benzene rings is 2. The van der Waals surface area contributed by atoms with Crippen molar-refractivity contribution in [1.82, 2.24) is 4.90 Å². The normalized spacial score (nSPS) is 22.0. The van der Waals surface area contributed by atoms with E-state index in [0.29, 0.717) is 30.0 Å². The third-order valence-electron chi connectivity index (χ3n) is 4.99. The van der Waals surface area contributed by atoms with Gasteiger partial charge < -0.3 is 24.6 Å². The average Bonchev–Trinajstić information content (AvgIpc) is 2.65. The highest BCUT2D eigenvalue weighted by molar-refractivity contribution is 5.79. The number of aliphatic hydroxyl groups is 1. The summed E-state index contributed by atoms with van der Waals surface area (Å²) in [5, 5.41) is 20.3. The number of rotatable bonds is 5. The maximum absolute atomic E-state index is 13.4. The number of piperidine rings is 1. The van der Waals surface area contributed by atoms with E-state index in [1.165, 1.54) is 31.4 Å². The molecule has 0 aromatic heterocycles. The van der Waals surface area contributed by atoms with Crippen molar-refractivity contribution < 1.29 is 28.9 Å². The molecule has 2 aromatic carbocycles. The van der Waals surface area contributed by atoms with Crippen molar-refractivity contribution in [1.29, 1.82) is 0 Å². The van der Waals surface area contributed by atoms with Crippen LogP contribution < -0.4 is 9.47 Å². The minimum absolute atomic E-state index is 0.0104. The van der Waals surface area contributed by atoms with Crippen LogP contribution in [0.2, 0.25) is 0 Å². The molecule has 1 fully saturated rings. The van der Waals surface area contributed by atoms with Crippen LogP contribution in [0.15, 0.2) is 42.5 Å². The second-order valence-corrected chi connectivity index (χ2v) is 7.19. The van der Waals surface area contributed by atoms with E-state index in [9.17, 15) is 19.4 Å². The summed E-state index contributed by atoms with van der Waals surface area (Å²) in [7, 11) is 1.45. The van der Waals surface area contributed by atoms with Crippen LogP contribution in [-0.4, -0.2) is 52.9 Å². The Morgan fingerprint density at radius 2 is 2.11 bits per heavy atom. The standard InChI is InChI=1S/C21H24FNO5/c1-21(26)8-9-23(13-19(21)28-16-5-3-4-15(22)12-16)20(25)11-14-6-7-17(24)18(10-14)27-2/h3-7,10,12,19,24,26H,8-9,11,13H2,1-2H3/t19-,21-/m0/s1. The summed E-state index contributed by atoms with van der Waals surface area (Å²) in [6, 6.07) is 10.5. The topological polar surface area (TPSA) is 79.2 Å². The third-order valence-corrected chi connectivity index (χ3v) is 4.99. The predicted molar refractivity (Wildman–Crippen MR) is 101 cm³/mol. The van der Waals surface area contributed by atoms with Crippen LogP contribution in [0, 0.1) is 5.82 Å². The Balaban J connectivity index is 1.69. The summed E-state index contributed by atoms with van der Waals surface area (Å²) in [5.41, 5.74) is -0.426. The van der Waals surface area contributed by atoms with E-state index in [1.54, 1.807) is 30.0 Å². The second kappa shape index (κ2) is 8.06. The molecule has 0 unspecified atom stereocenters. The van der Waals surface area contributed by atoms with Crippen molar-refractivity contribution in [3.05, 3.63) is 53.8 Å². The van der Waals surface area contributed by atoms with Crippen molar-refractivity contribution in [3.63, 3.8) is 0 Å². The van der Waals surface area contributed by atoms with Gasteiger partial charge in [0.2, 0.25) is 5.91 Å². The Kier molecular flexibility index (Phi) is 5.74. The number of nitrogens with zero attached hydrogens (tertiary/aromatic N) is 1. The molecule has 1 saturated heterocycles. The van der Waals surface area contributed by atoms with Gasteiger partial charge in [-0.2, -0.15) is 0 Å². The van der Waals surface area contributed by atoms with E-state index in [4.69, 9.17) is 9.47 Å². The zero-order valence-corrected chi connectivity index (χ0v) is 15.9. The van der Waals surface area contributed by atoms with Crippen LogP contribution in [0.5, 0.6) is 17.2 Å². The van der Waals surface area contributed by atoms with Gasteiger partial charge >= 0.3 is 0 Å². The molecule has 150 valence electrons. The lowest BCUT2D eigenvalue weighted by atomic mass is 9.90. The molecule has 1 amide bonds. The van der Waals surface area contributed by atoms with Gasteiger partial charge in [0.15, 0.2) is 11.5 Å². The first kappa shape index (κ1) is 19.9. The number of ether oxygens (including phenoxy) is 2. The number of carbonyl (C=O) groups excluding carboxylic acids is 1. The molecule has 0 spiro atoms. The summed E-state index contributed by atoms with van der Waals surface area (Å²) in [6.07, 6.45) is -0.204. The minimum Gasteiger partial charge on any atom is -0.504 e. The largest absolute Gasteiger partial charge is 0.504 e. The van der Waals surface area contributed by atoms with Gasteiger partial charge in [0.25, 0.3) is 0 Å². The van der Waals surface area contributed by atoms with Gasteiger partial charge in [-0.3, -0.25) is 4.79 Å². The highest BCUT2D eigenvalue weighted by Gasteiger charge is 2.40. The predicted octanol–water partition coefficient (Wildman–Crippen LogP) is 2.51. The summed E-state index contributed by atoms with van der Waals surface area (Å²) in [5.74, 6) is 0.0663. The fourth-order valence-electron chi connectivity index (χ4n) is 3.22. The highest BCUT2D eigenvalue weighted by atomic mass is 19.1. The average molecular weight is 389 g/mol. The van der Waals surface area contributed by atoms with Gasteiger partial charge in [0.05, 0.1) is 20.1 Å². The van der Waals surface area contributed by atoms with Gasteiger partial charge in [-0.05, 0) is 43.2 Å². The molecule has 0 aliphatic carbocycles. The lowest BCUT2D eigenvalue weighted by molar-refractivity contribution is -0.142. The van der Waals surface area contributed by atoms with Gasteiger partial charge in [0, 0.05) is 12.6 Å². The SMILES string of the molecule is COc1cc(CC(=O)N2CC[C@](C)(O)[C@@H](Oc3cccc(F)c3)C2)ccc1O. The maximum atomic E-state index is 13.4. The molecule has 2 N–H and O–H groups in total. The molecule has 6 nitrogen and oxygen atoms in total. The summed E-state index contributed by atoms with van der Waals surface area (Å²) in [6.45, 7) is 2.24. The highest BCUT2D eigenvalue weighted by Crippen LogP contribution is 2.29. The Morgan fingerprint density at radius 3 is 2.82 bits per heavy atom. The Labute approximate surface area is 163 Å². The monoisotopic (exact) mass is 389 g/mol. The van der Waals surface area contributed by atoms with Crippen molar-refractivity contribution in [3.8, 4) is 17.2 Å². The van der Waals surface area contributed by atoms with Crippen LogP contribution >= 0.6 is 0 Å². The van der Waals surface area contributed by atoms with Crippen LogP contribution in [0.25, 0.3) is 0 Å². The molecule has 1 aliphatic rings. The molecular weight excluding hydrogens is 365 g/mol. The van der Waals surface area contributed by atoms with E-state index in [0.717, 1.165) is 0 Å². The van der Waals surface area contributed by atoms with Crippen molar-refractivity contribution >= 4 is 5.91 Å². The molecule has 7 heteroatoms.